The number of rotatable bonds is 4. The molecule has 0 bridgehead atoms. The van der Waals surface area contributed by atoms with E-state index < -0.39 is 20.0 Å². The number of pyridine rings is 1. The second kappa shape index (κ2) is 7.23. The summed E-state index contributed by atoms with van der Waals surface area (Å²) in [4.78, 5) is 16.2. The number of aromatic nitrogens is 1. The molecule has 0 aliphatic heterocycles. The second-order valence-electron chi connectivity index (χ2n) is 8.62. The fraction of sp³-hybridized carbons (Fsp3) is 0.667. The molecule has 1 amide bonds. The smallest absolute Gasteiger partial charge is 0.412 e. The first-order valence-corrected chi connectivity index (χ1v) is 11.3. The van der Waals surface area contributed by atoms with Gasteiger partial charge < -0.3 is 9.16 Å². The van der Waals surface area contributed by atoms with Gasteiger partial charge in [0.05, 0.1) is 23.7 Å². The van der Waals surface area contributed by atoms with Crippen LogP contribution in [0.1, 0.15) is 60.3 Å². The minimum atomic E-state index is -1.85. The van der Waals surface area contributed by atoms with Gasteiger partial charge in [-0.3, -0.25) is 10.3 Å². The van der Waals surface area contributed by atoms with Crippen LogP contribution in [0.15, 0.2) is 18.3 Å². The van der Waals surface area contributed by atoms with Gasteiger partial charge in [0.15, 0.2) is 8.32 Å². The average Bonchev–Trinajstić information content (AvgIpc) is 2.35. The van der Waals surface area contributed by atoms with Crippen molar-refractivity contribution >= 4 is 20.1 Å². The van der Waals surface area contributed by atoms with Crippen molar-refractivity contribution in [1.82, 2.24) is 4.98 Å². The summed E-state index contributed by atoms with van der Waals surface area (Å²) >= 11 is 0. The lowest BCUT2D eigenvalue weighted by molar-refractivity contribution is 0.0636. The van der Waals surface area contributed by atoms with Crippen molar-refractivity contribution in [3.05, 3.63) is 24.0 Å². The van der Waals surface area contributed by atoms with E-state index in [1.165, 1.54) is 0 Å². The molecule has 24 heavy (non-hydrogen) atoms. The third kappa shape index (κ3) is 6.24. The minimum absolute atomic E-state index is 0.0820. The Morgan fingerprint density at radius 2 is 1.75 bits per heavy atom. The third-order valence-electron chi connectivity index (χ3n) is 4.13. The highest BCUT2D eigenvalue weighted by Gasteiger charge is 2.38. The SMILES string of the molecule is C[C@H](O[Si](C)(C)C(C)(C)C)c1ccc(NC(=O)OC(C)(C)C)cn1. The summed E-state index contributed by atoms with van der Waals surface area (Å²) in [5.41, 5.74) is 0.935. The molecule has 0 aliphatic carbocycles. The van der Waals surface area contributed by atoms with Crippen LogP contribution in [0.4, 0.5) is 10.5 Å². The summed E-state index contributed by atoms with van der Waals surface area (Å²) < 4.78 is 11.6. The Bertz CT molecular complexity index is 557. The molecular weight excluding hydrogens is 320 g/mol. The number of ether oxygens (including phenoxy) is 1. The fourth-order valence-corrected chi connectivity index (χ4v) is 3.18. The maximum absolute atomic E-state index is 11.8. The van der Waals surface area contributed by atoms with Crippen molar-refractivity contribution in [2.24, 2.45) is 0 Å². The molecule has 1 rings (SSSR count). The van der Waals surface area contributed by atoms with Crippen LogP contribution < -0.4 is 5.32 Å². The summed E-state index contributed by atoms with van der Waals surface area (Å²) in [6.07, 6.45) is 1.06. The van der Waals surface area contributed by atoms with E-state index in [2.05, 4.69) is 44.2 Å². The van der Waals surface area contributed by atoms with Gasteiger partial charge in [-0.2, -0.15) is 0 Å². The molecule has 0 aromatic carbocycles. The molecule has 0 saturated heterocycles. The highest BCUT2D eigenvalue weighted by Crippen LogP contribution is 2.39. The highest BCUT2D eigenvalue weighted by molar-refractivity contribution is 6.74. The third-order valence-corrected chi connectivity index (χ3v) is 8.68. The van der Waals surface area contributed by atoms with Crippen LogP contribution in [0, 0.1) is 0 Å². The monoisotopic (exact) mass is 352 g/mol. The van der Waals surface area contributed by atoms with Gasteiger partial charge in [-0.05, 0) is 58.0 Å². The number of nitrogens with one attached hydrogen (secondary N) is 1. The Balaban J connectivity index is 2.72. The summed E-state index contributed by atoms with van der Waals surface area (Å²) in [5, 5.41) is 2.83. The lowest BCUT2D eigenvalue weighted by atomic mass is 10.2. The number of carbonyl (C=O) groups excluding carboxylic acids is 1. The van der Waals surface area contributed by atoms with Crippen molar-refractivity contribution < 1.29 is 14.0 Å². The molecular formula is C18H32N2O3Si. The maximum atomic E-state index is 11.8. The van der Waals surface area contributed by atoms with Crippen LogP contribution in [0.2, 0.25) is 18.1 Å². The molecule has 0 saturated carbocycles. The van der Waals surface area contributed by atoms with E-state index in [0.29, 0.717) is 5.69 Å². The zero-order valence-electron chi connectivity index (χ0n) is 16.5. The largest absolute Gasteiger partial charge is 0.444 e. The van der Waals surface area contributed by atoms with Crippen LogP contribution >= 0.6 is 0 Å². The van der Waals surface area contributed by atoms with Gasteiger partial charge in [0.1, 0.15) is 5.60 Å². The molecule has 1 N–H and O–H groups in total. The number of hydrogen-bond donors (Lipinski definition) is 1. The Kier molecular flexibility index (Phi) is 6.22. The van der Waals surface area contributed by atoms with E-state index in [0.717, 1.165) is 5.69 Å². The van der Waals surface area contributed by atoms with Gasteiger partial charge in [0.2, 0.25) is 0 Å². The van der Waals surface area contributed by atoms with E-state index >= 15 is 0 Å². The average molecular weight is 353 g/mol. The Labute approximate surface area is 147 Å². The highest BCUT2D eigenvalue weighted by atomic mass is 28.4. The fourth-order valence-electron chi connectivity index (χ4n) is 1.82. The Hall–Kier alpha value is -1.40. The normalized spacial score (nSPS) is 14.2. The first kappa shape index (κ1) is 20.6. The van der Waals surface area contributed by atoms with E-state index in [9.17, 15) is 4.79 Å². The standard InChI is InChI=1S/C18H32N2O3Si/c1-13(23-24(8,9)18(5,6)7)15-11-10-14(12-19-15)20-16(21)22-17(2,3)4/h10-13H,1-9H3,(H,20,21)/t13-/m0/s1. The molecule has 6 heteroatoms. The van der Waals surface area contributed by atoms with Gasteiger partial charge in [-0.25, -0.2) is 4.79 Å². The first-order chi connectivity index (χ1) is 10.7. The van der Waals surface area contributed by atoms with E-state index in [4.69, 9.17) is 9.16 Å². The number of hydrogen-bond acceptors (Lipinski definition) is 4. The lowest BCUT2D eigenvalue weighted by Crippen LogP contribution is -2.41. The molecule has 136 valence electrons. The molecule has 0 fully saturated rings. The van der Waals surface area contributed by atoms with Gasteiger partial charge in [0.25, 0.3) is 0 Å². The van der Waals surface area contributed by atoms with Crippen molar-refractivity contribution in [3.63, 3.8) is 0 Å². The second-order valence-corrected chi connectivity index (χ2v) is 13.4. The van der Waals surface area contributed by atoms with E-state index in [-0.39, 0.29) is 11.1 Å². The van der Waals surface area contributed by atoms with Crippen LogP contribution in [0.25, 0.3) is 0 Å². The summed E-state index contributed by atoms with van der Waals surface area (Å²) in [5.74, 6) is 0. The van der Waals surface area contributed by atoms with Gasteiger partial charge in [-0.1, -0.05) is 20.8 Å². The van der Waals surface area contributed by atoms with Crippen molar-refractivity contribution in [2.45, 2.75) is 78.3 Å². The predicted octanol–water partition coefficient (Wildman–Crippen LogP) is 5.51. The number of amides is 1. The van der Waals surface area contributed by atoms with Crippen LogP contribution in [0.3, 0.4) is 0 Å². The molecule has 1 heterocycles. The molecule has 0 unspecified atom stereocenters. The van der Waals surface area contributed by atoms with Crippen LogP contribution in [-0.2, 0) is 9.16 Å². The summed E-state index contributed by atoms with van der Waals surface area (Å²) in [6, 6.07) is 3.70. The first-order valence-electron chi connectivity index (χ1n) is 8.35. The zero-order valence-corrected chi connectivity index (χ0v) is 17.5. The Morgan fingerprint density at radius 3 is 2.17 bits per heavy atom. The lowest BCUT2D eigenvalue weighted by Gasteiger charge is -2.38. The quantitative estimate of drug-likeness (QED) is 0.726. The summed E-state index contributed by atoms with van der Waals surface area (Å²) in [7, 11) is -1.85. The molecule has 0 spiro atoms. The van der Waals surface area contributed by atoms with Crippen molar-refractivity contribution in [3.8, 4) is 0 Å². The molecule has 5 nitrogen and oxygen atoms in total. The maximum Gasteiger partial charge on any atom is 0.412 e. The number of carbonyl (C=O) groups is 1. The van der Waals surface area contributed by atoms with Gasteiger partial charge in [-0.15, -0.1) is 0 Å². The molecule has 0 radical (unpaired) electrons. The molecule has 1 aromatic heterocycles. The Morgan fingerprint density at radius 1 is 1.17 bits per heavy atom. The van der Waals surface area contributed by atoms with Crippen molar-refractivity contribution in [2.75, 3.05) is 5.32 Å². The predicted molar refractivity (Wildman–Crippen MR) is 101 cm³/mol. The van der Waals surface area contributed by atoms with E-state index in [1.54, 1.807) is 6.20 Å². The number of anilines is 1. The van der Waals surface area contributed by atoms with Crippen LogP contribution in [-0.4, -0.2) is 25.0 Å². The topological polar surface area (TPSA) is 60.5 Å². The zero-order chi connectivity index (χ0) is 18.8. The number of nitrogens with zero attached hydrogens (tertiary/aromatic N) is 1. The van der Waals surface area contributed by atoms with E-state index in [1.807, 2.05) is 39.8 Å². The summed E-state index contributed by atoms with van der Waals surface area (Å²) in [6.45, 7) is 18.6. The van der Waals surface area contributed by atoms with Gasteiger partial charge >= 0.3 is 6.09 Å². The molecule has 0 aliphatic rings. The van der Waals surface area contributed by atoms with Crippen molar-refractivity contribution in [1.29, 1.82) is 0 Å². The molecule has 1 atom stereocenters. The van der Waals surface area contributed by atoms with Gasteiger partial charge in [0, 0.05) is 0 Å². The minimum Gasteiger partial charge on any atom is -0.444 e. The van der Waals surface area contributed by atoms with Crippen LogP contribution in [0.5, 0.6) is 0 Å². The molecule has 1 aromatic rings.